The Morgan fingerprint density at radius 1 is 1.19 bits per heavy atom. The number of nitrogens with zero attached hydrogens (tertiary/aromatic N) is 1. The Morgan fingerprint density at radius 2 is 1.78 bits per heavy atom. The summed E-state index contributed by atoms with van der Waals surface area (Å²) < 4.78 is 41.8. The first-order chi connectivity index (χ1) is 12.8. The van der Waals surface area contributed by atoms with E-state index in [0.29, 0.717) is 25.2 Å². The largest absolute Gasteiger partial charge is 0.494 e. The van der Waals surface area contributed by atoms with Crippen LogP contribution in [0, 0.1) is 5.92 Å². The molecule has 9 heteroatoms. The molecule has 1 aliphatic heterocycles. The lowest BCUT2D eigenvalue weighted by atomic mass is 9.98. The second-order valence-corrected chi connectivity index (χ2v) is 8.12. The van der Waals surface area contributed by atoms with Crippen molar-refractivity contribution in [2.45, 2.75) is 37.7 Å². The zero-order chi connectivity index (χ0) is 20.0. The van der Waals surface area contributed by atoms with Crippen molar-refractivity contribution in [3.8, 4) is 5.75 Å². The highest BCUT2D eigenvalue weighted by molar-refractivity contribution is 7.89. The van der Waals surface area contributed by atoms with Gasteiger partial charge in [0, 0.05) is 13.1 Å². The molecule has 1 fully saturated rings. The van der Waals surface area contributed by atoms with Gasteiger partial charge in [-0.2, -0.15) is 4.31 Å². The van der Waals surface area contributed by atoms with Crippen molar-refractivity contribution in [1.82, 2.24) is 4.31 Å². The number of piperidine rings is 1. The first-order valence-corrected chi connectivity index (χ1v) is 10.2. The number of hydrogen-bond donors (Lipinski definition) is 0. The van der Waals surface area contributed by atoms with E-state index in [2.05, 4.69) is 4.74 Å². The topological polar surface area (TPSA) is 99.2 Å². The minimum Gasteiger partial charge on any atom is -0.494 e. The van der Waals surface area contributed by atoms with E-state index in [1.807, 2.05) is 6.92 Å². The summed E-state index contributed by atoms with van der Waals surface area (Å²) in [6.07, 6.45) is -0.306. The molecule has 150 valence electrons. The Labute approximate surface area is 159 Å². The normalized spacial score (nSPS) is 17.1. The van der Waals surface area contributed by atoms with Crippen molar-refractivity contribution in [1.29, 1.82) is 0 Å². The van der Waals surface area contributed by atoms with Gasteiger partial charge in [0.15, 0.2) is 6.10 Å². The highest BCUT2D eigenvalue weighted by Gasteiger charge is 2.34. The Balaban J connectivity index is 1.95. The number of carbonyl (C=O) groups excluding carboxylic acids is 2. The average molecular weight is 399 g/mol. The first-order valence-electron chi connectivity index (χ1n) is 8.81. The van der Waals surface area contributed by atoms with E-state index in [9.17, 15) is 18.0 Å². The molecular formula is C18H25NO7S. The van der Waals surface area contributed by atoms with Crippen molar-refractivity contribution < 1.29 is 32.2 Å². The quantitative estimate of drug-likeness (QED) is 0.642. The van der Waals surface area contributed by atoms with Gasteiger partial charge in [0.2, 0.25) is 10.0 Å². The molecule has 0 radical (unpaired) electrons. The maximum atomic E-state index is 12.7. The van der Waals surface area contributed by atoms with Crippen LogP contribution >= 0.6 is 0 Å². The van der Waals surface area contributed by atoms with Crippen LogP contribution in [0.2, 0.25) is 0 Å². The summed E-state index contributed by atoms with van der Waals surface area (Å²) in [6, 6.07) is 6.26. The predicted molar refractivity (Wildman–Crippen MR) is 96.7 cm³/mol. The molecule has 0 bridgehead atoms. The second kappa shape index (κ2) is 9.18. The van der Waals surface area contributed by atoms with Gasteiger partial charge in [0.25, 0.3) is 0 Å². The van der Waals surface area contributed by atoms with Crippen LogP contribution in [0.3, 0.4) is 0 Å². The van der Waals surface area contributed by atoms with Crippen LogP contribution in [0.5, 0.6) is 5.75 Å². The molecule has 27 heavy (non-hydrogen) atoms. The maximum absolute atomic E-state index is 12.7. The highest BCUT2D eigenvalue weighted by atomic mass is 32.2. The molecule has 1 atom stereocenters. The molecule has 2 rings (SSSR count). The van der Waals surface area contributed by atoms with E-state index in [-0.39, 0.29) is 18.0 Å². The molecule has 0 amide bonds. The van der Waals surface area contributed by atoms with Crippen LogP contribution in [0.1, 0.15) is 26.7 Å². The van der Waals surface area contributed by atoms with Crippen LogP contribution in [0.4, 0.5) is 0 Å². The fourth-order valence-electron chi connectivity index (χ4n) is 2.84. The average Bonchev–Trinajstić information content (AvgIpc) is 2.68. The predicted octanol–water partition coefficient (Wildman–Crippen LogP) is 1.59. The zero-order valence-corrected chi connectivity index (χ0v) is 16.5. The van der Waals surface area contributed by atoms with E-state index >= 15 is 0 Å². The third kappa shape index (κ3) is 5.20. The number of sulfonamides is 1. The van der Waals surface area contributed by atoms with E-state index in [0.717, 1.165) is 0 Å². The fraction of sp³-hybridized carbons (Fsp3) is 0.556. The van der Waals surface area contributed by atoms with Gasteiger partial charge in [-0.05, 0) is 51.0 Å². The molecule has 1 aromatic carbocycles. The molecule has 0 unspecified atom stereocenters. The monoisotopic (exact) mass is 399 g/mol. The summed E-state index contributed by atoms with van der Waals surface area (Å²) in [5.74, 6) is -0.966. The SMILES string of the molecule is CCOc1ccc(S(=O)(=O)N2CCC(C(=O)O[C@H](C)C(=O)OC)CC2)cc1. The Kier molecular flexibility index (Phi) is 7.20. The number of benzene rings is 1. The number of esters is 2. The second-order valence-electron chi connectivity index (χ2n) is 6.19. The lowest BCUT2D eigenvalue weighted by molar-refractivity contribution is -0.168. The molecule has 1 heterocycles. The molecule has 1 saturated heterocycles. The standard InChI is InChI=1S/C18H25NO7S/c1-4-25-15-5-7-16(8-6-15)27(22,23)19-11-9-14(10-12-19)18(21)26-13(2)17(20)24-3/h5-8,13-14H,4,9-12H2,1-3H3/t13-/m1/s1. The molecule has 0 spiro atoms. The van der Waals surface area contributed by atoms with E-state index in [1.54, 1.807) is 12.1 Å². The molecular weight excluding hydrogens is 374 g/mol. The van der Waals surface area contributed by atoms with Gasteiger partial charge in [-0.15, -0.1) is 0 Å². The molecule has 0 aliphatic carbocycles. The van der Waals surface area contributed by atoms with Crippen molar-refractivity contribution in [2.75, 3.05) is 26.8 Å². The highest BCUT2D eigenvalue weighted by Crippen LogP contribution is 2.26. The molecule has 0 saturated carbocycles. The van der Waals surface area contributed by atoms with Crippen molar-refractivity contribution in [3.05, 3.63) is 24.3 Å². The molecule has 1 aliphatic rings. The van der Waals surface area contributed by atoms with Gasteiger partial charge in [-0.1, -0.05) is 0 Å². The van der Waals surface area contributed by atoms with Crippen LogP contribution < -0.4 is 4.74 Å². The summed E-state index contributed by atoms with van der Waals surface area (Å²) >= 11 is 0. The van der Waals surface area contributed by atoms with Crippen molar-refractivity contribution in [3.63, 3.8) is 0 Å². The van der Waals surface area contributed by atoms with Gasteiger partial charge in [-0.25, -0.2) is 13.2 Å². The summed E-state index contributed by atoms with van der Waals surface area (Å²) in [5, 5.41) is 0. The zero-order valence-electron chi connectivity index (χ0n) is 15.7. The first kappa shape index (κ1) is 21.2. The van der Waals surface area contributed by atoms with E-state index in [1.165, 1.54) is 30.5 Å². The van der Waals surface area contributed by atoms with Gasteiger partial charge in [0.05, 0.1) is 24.5 Å². The Morgan fingerprint density at radius 3 is 2.30 bits per heavy atom. The smallest absolute Gasteiger partial charge is 0.346 e. The lowest BCUT2D eigenvalue weighted by Gasteiger charge is -2.30. The lowest BCUT2D eigenvalue weighted by Crippen LogP contribution is -2.41. The fourth-order valence-corrected chi connectivity index (χ4v) is 4.31. The molecule has 0 aromatic heterocycles. The van der Waals surface area contributed by atoms with Crippen molar-refractivity contribution >= 4 is 22.0 Å². The van der Waals surface area contributed by atoms with E-state index in [4.69, 9.17) is 9.47 Å². The summed E-state index contributed by atoms with van der Waals surface area (Å²) in [6.45, 7) is 4.22. The van der Waals surface area contributed by atoms with Gasteiger partial charge in [0.1, 0.15) is 5.75 Å². The minimum atomic E-state index is -3.63. The number of ether oxygens (including phenoxy) is 3. The number of carbonyl (C=O) groups is 2. The van der Waals surface area contributed by atoms with Crippen LogP contribution in [0.25, 0.3) is 0 Å². The molecule has 8 nitrogen and oxygen atoms in total. The van der Waals surface area contributed by atoms with Gasteiger partial charge in [-0.3, -0.25) is 4.79 Å². The van der Waals surface area contributed by atoms with Crippen LogP contribution in [0.15, 0.2) is 29.2 Å². The van der Waals surface area contributed by atoms with E-state index < -0.39 is 34.0 Å². The third-order valence-electron chi connectivity index (χ3n) is 4.39. The summed E-state index contributed by atoms with van der Waals surface area (Å²) in [5.41, 5.74) is 0. The maximum Gasteiger partial charge on any atom is 0.346 e. The van der Waals surface area contributed by atoms with Crippen LogP contribution in [-0.4, -0.2) is 57.6 Å². The number of methoxy groups -OCH3 is 1. The molecule has 0 N–H and O–H groups in total. The Hall–Kier alpha value is -2.13. The van der Waals surface area contributed by atoms with Gasteiger partial charge >= 0.3 is 11.9 Å². The number of rotatable bonds is 7. The van der Waals surface area contributed by atoms with Crippen LogP contribution in [-0.2, 0) is 29.1 Å². The Bertz CT molecular complexity index is 752. The molecule has 1 aromatic rings. The summed E-state index contributed by atoms with van der Waals surface area (Å²) in [4.78, 5) is 23.7. The summed E-state index contributed by atoms with van der Waals surface area (Å²) in [7, 11) is -2.41. The number of hydrogen-bond acceptors (Lipinski definition) is 7. The van der Waals surface area contributed by atoms with Gasteiger partial charge < -0.3 is 14.2 Å². The van der Waals surface area contributed by atoms with Crippen molar-refractivity contribution in [2.24, 2.45) is 5.92 Å². The third-order valence-corrected chi connectivity index (χ3v) is 6.30. The minimum absolute atomic E-state index is 0.186.